The Morgan fingerprint density at radius 2 is 2.30 bits per heavy atom. The minimum absolute atomic E-state index is 0.00197. The number of piperidine rings is 1. The zero-order valence-corrected chi connectivity index (χ0v) is 12.4. The molecule has 0 spiro atoms. The second kappa shape index (κ2) is 6.96. The van der Waals surface area contributed by atoms with Crippen molar-refractivity contribution in [2.45, 2.75) is 32.2 Å². The molecule has 1 fully saturated rings. The van der Waals surface area contributed by atoms with Crippen LogP contribution in [0.2, 0.25) is 0 Å². The molecule has 1 aromatic rings. The summed E-state index contributed by atoms with van der Waals surface area (Å²) >= 11 is 0. The normalized spacial score (nSPS) is 20.8. The maximum atomic E-state index is 12.4. The molecule has 0 radical (unpaired) electrons. The Kier molecular flexibility index (Phi) is 5.27. The van der Waals surface area contributed by atoms with Crippen LogP contribution in [-0.4, -0.2) is 48.6 Å². The number of hydrogen-bond acceptors (Lipinski definition) is 5. The smallest absolute Gasteiger partial charge is 0.303 e. The molecule has 112 valence electrons. The van der Waals surface area contributed by atoms with Crippen molar-refractivity contribution in [3.8, 4) is 0 Å². The van der Waals surface area contributed by atoms with Crippen molar-refractivity contribution < 1.29 is 8.42 Å². The number of likely N-dealkylation sites (N-methyl/N-ethyl adjacent to an activating group) is 1. The molecule has 0 saturated carbocycles. The van der Waals surface area contributed by atoms with E-state index in [0.717, 1.165) is 25.8 Å². The van der Waals surface area contributed by atoms with Crippen LogP contribution in [0, 0.1) is 0 Å². The first-order valence-corrected chi connectivity index (χ1v) is 8.35. The van der Waals surface area contributed by atoms with Crippen LogP contribution in [0.3, 0.4) is 0 Å². The SMILES string of the molecule is CCNCC1CCCCN1S(=O)(=O)Nc1cccnn1. The highest BCUT2D eigenvalue weighted by Crippen LogP contribution is 2.21. The summed E-state index contributed by atoms with van der Waals surface area (Å²) in [6.07, 6.45) is 4.35. The van der Waals surface area contributed by atoms with E-state index in [2.05, 4.69) is 20.2 Å². The van der Waals surface area contributed by atoms with Crippen LogP contribution < -0.4 is 10.0 Å². The molecule has 0 bridgehead atoms. The summed E-state index contributed by atoms with van der Waals surface area (Å²) in [7, 11) is -3.58. The minimum Gasteiger partial charge on any atom is -0.315 e. The predicted molar refractivity (Wildman–Crippen MR) is 77.5 cm³/mol. The van der Waals surface area contributed by atoms with Crippen LogP contribution in [0.4, 0.5) is 5.82 Å². The van der Waals surface area contributed by atoms with Crippen LogP contribution in [0.15, 0.2) is 18.3 Å². The topological polar surface area (TPSA) is 87.2 Å². The molecular weight excluding hydrogens is 278 g/mol. The molecule has 1 aliphatic heterocycles. The van der Waals surface area contributed by atoms with E-state index in [1.807, 2.05) is 6.92 Å². The summed E-state index contributed by atoms with van der Waals surface area (Å²) < 4.78 is 28.9. The minimum atomic E-state index is -3.58. The molecule has 1 aromatic heterocycles. The third-order valence-corrected chi connectivity index (χ3v) is 4.88. The zero-order valence-electron chi connectivity index (χ0n) is 11.6. The van der Waals surface area contributed by atoms with Gasteiger partial charge in [0.15, 0.2) is 5.82 Å². The highest BCUT2D eigenvalue weighted by molar-refractivity contribution is 7.90. The predicted octanol–water partition coefficient (Wildman–Crippen LogP) is 0.597. The van der Waals surface area contributed by atoms with Gasteiger partial charge in [-0.2, -0.15) is 17.8 Å². The number of nitrogens with one attached hydrogen (secondary N) is 2. The Morgan fingerprint density at radius 1 is 1.45 bits per heavy atom. The van der Waals surface area contributed by atoms with E-state index in [9.17, 15) is 8.42 Å². The van der Waals surface area contributed by atoms with Crippen LogP contribution in [-0.2, 0) is 10.2 Å². The Bertz CT molecular complexity index is 508. The number of nitrogens with zero attached hydrogens (tertiary/aromatic N) is 3. The Labute approximate surface area is 120 Å². The molecule has 1 saturated heterocycles. The monoisotopic (exact) mass is 299 g/mol. The van der Waals surface area contributed by atoms with Gasteiger partial charge in [0.1, 0.15) is 0 Å². The molecule has 1 atom stereocenters. The molecule has 1 aliphatic rings. The van der Waals surface area contributed by atoms with E-state index in [4.69, 9.17) is 0 Å². The van der Waals surface area contributed by atoms with E-state index < -0.39 is 10.2 Å². The number of hydrogen-bond donors (Lipinski definition) is 2. The van der Waals surface area contributed by atoms with Crippen LogP contribution in [0.1, 0.15) is 26.2 Å². The van der Waals surface area contributed by atoms with Gasteiger partial charge in [0, 0.05) is 25.3 Å². The summed E-state index contributed by atoms with van der Waals surface area (Å²) in [5, 5.41) is 10.7. The molecule has 0 aliphatic carbocycles. The van der Waals surface area contributed by atoms with Crippen molar-refractivity contribution in [3.63, 3.8) is 0 Å². The molecular formula is C12H21N5O2S. The summed E-state index contributed by atoms with van der Waals surface area (Å²) in [4.78, 5) is 0. The molecule has 2 heterocycles. The highest BCUT2D eigenvalue weighted by atomic mass is 32.2. The van der Waals surface area contributed by atoms with Gasteiger partial charge in [-0.1, -0.05) is 13.3 Å². The van der Waals surface area contributed by atoms with Crippen molar-refractivity contribution in [2.24, 2.45) is 0 Å². The molecule has 0 amide bonds. The summed E-state index contributed by atoms with van der Waals surface area (Å²) in [6.45, 7) is 4.07. The van der Waals surface area contributed by atoms with Gasteiger partial charge in [-0.3, -0.25) is 4.72 Å². The second-order valence-corrected chi connectivity index (χ2v) is 6.41. The fraction of sp³-hybridized carbons (Fsp3) is 0.667. The van der Waals surface area contributed by atoms with Gasteiger partial charge >= 0.3 is 10.2 Å². The number of aromatic nitrogens is 2. The first kappa shape index (κ1) is 15.1. The maximum Gasteiger partial charge on any atom is 0.303 e. The lowest BCUT2D eigenvalue weighted by atomic mass is 10.1. The molecule has 8 heteroatoms. The largest absolute Gasteiger partial charge is 0.315 e. The summed E-state index contributed by atoms with van der Waals surface area (Å²) in [6, 6.07) is 3.24. The van der Waals surface area contributed by atoms with Crippen molar-refractivity contribution in [3.05, 3.63) is 18.3 Å². The average molecular weight is 299 g/mol. The number of anilines is 1. The quantitative estimate of drug-likeness (QED) is 0.803. The van der Waals surface area contributed by atoms with Crippen LogP contribution in [0.5, 0.6) is 0 Å². The molecule has 20 heavy (non-hydrogen) atoms. The van der Waals surface area contributed by atoms with Gasteiger partial charge in [0.05, 0.1) is 0 Å². The molecule has 7 nitrogen and oxygen atoms in total. The van der Waals surface area contributed by atoms with Crippen LogP contribution >= 0.6 is 0 Å². The van der Waals surface area contributed by atoms with Crippen molar-refractivity contribution in [2.75, 3.05) is 24.4 Å². The van der Waals surface area contributed by atoms with Gasteiger partial charge in [-0.15, -0.1) is 5.10 Å². The van der Waals surface area contributed by atoms with Crippen molar-refractivity contribution in [1.29, 1.82) is 0 Å². The lowest BCUT2D eigenvalue weighted by molar-refractivity contribution is 0.248. The molecule has 2 rings (SSSR count). The maximum absolute atomic E-state index is 12.4. The third-order valence-electron chi connectivity index (χ3n) is 3.32. The number of rotatable bonds is 6. The Morgan fingerprint density at radius 3 is 3.00 bits per heavy atom. The van der Waals surface area contributed by atoms with E-state index in [-0.39, 0.29) is 11.9 Å². The first-order valence-electron chi connectivity index (χ1n) is 6.91. The van der Waals surface area contributed by atoms with Crippen molar-refractivity contribution >= 4 is 16.0 Å². The summed E-state index contributed by atoms with van der Waals surface area (Å²) in [5.41, 5.74) is 0. The van der Waals surface area contributed by atoms with Crippen LogP contribution in [0.25, 0.3) is 0 Å². The Balaban J connectivity index is 2.09. The first-order chi connectivity index (χ1) is 9.63. The van der Waals surface area contributed by atoms with E-state index in [0.29, 0.717) is 13.1 Å². The average Bonchev–Trinajstić information content (AvgIpc) is 2.46. The molecule has 2 N–H and O–H groups in total. The third kappa shape index (κ3) is 3.87. The second-order valence-electron chi connectivity index (χ2n) is 4.78. The van der Waals surface area contributed by atoms with E-state index in [1.165, 1.54) is 10.5 Å². The lowest BCUT2D eigenvalue weighted by Gasteiger charge is -2.34. The fourth-order valence-corrected chi connectivity index (χ4v) is 3.78. The highest BCUT2D eigenvalue weighted by Gasteiger charge is 2.32. The Hall–Kier alpha value is -1.25. The van der Waals surface area contributed by atoms with Gasteiger partial charge in [-0.25, -0.2) is 0 Å². The standard InChI is InChI=1S/C12H21N5O2S/c1-2-13-10-11-6-3-4-9-17(11)20(18,19)16-12-7-5-8-14-15-12/h5,7-8,11,13H,2-4,6,9-10H2,1H3,(H,15,16). The summed E-state index contributed by atoms with van der Waals surface area (Å²) in [5.74, 6) is 0.250. The lowest BCUT2D eigenvalue weighted by Crippen LogP contribution is -2.50. The molecule has 1 unspecified atom stereocenters. The van der Waals surface area contributed by atoms with E-state index in [1.54, 1.807) is 12.1 Å². The molecule has 0 aromatic carbocycles. The van der Waals surface area contributed by atoms with Gasteiger partial charge in [0.25, 0.3) is 0 Å². The fourth-order valence-electron chi connectivity index (χ4n) is 2.35. The van der Waals surface area contributed by atoms with Gasteiger partial charge < -0.3 is 5.32 Å². The zero-order chi connectivity index (χ0) is 14.4. The van der Waals surface area contributed by atoms with Gasteiger partial charge in [-0.05, 0) is 31.5 Å². The van der Waals surface area contributed by atoms with Crippen molar-refractivity contribution in [1.82, 2.24) is 19.8 Å². The van der Waals surface area contributed by atoms with E-state index >= 15 is 0 Å². The van der Waals surface area contributed by atoms with Gasteiger partial charge in [0.2, 0.25) is 0 Å².